The molecule has 0 radical (unpaired) electrons. The fourth-order valence-electron chi connectivity index (χ4n) is 1.95. The molecule has 0 fully saturated rings. The zero-order valence-electron chi connectivity index (χ0n) is 13.1. The van der Waals surface area contributed by atoms with Crippen LogP contribution in [0.15, 0.2) is 42.5 Å². The number of anilines is 1. The van der Waals surface area contributed by atoms with E-state index in [0.29, 0.717) is 16.8 Å². The van der Waals surface area contributed by atoms with E-state index >= 15 is 0 Å². The van der Waals surface area contributed by atoms with Crippen molar-refractivity contribution in [3.63, 3.8) is 0 Å². The number of phenolic OH excluding ortho intramolecular Hbond substituents is 1. The van der Waals surface area contributed by atoms with Gasteiger partial charge in [0.25, 0.3) is 5.91 Å². The standard InChI is InChI=1S/C17H16N2O4S/c1-10-3-8-14(20)13(9-10)18-17(24)19-15(21)11-4-6-12(7-5-11)16(22)23-2/h3-9,20H,1-2H3,(H2,18,19,21,24). The number of nitrogens with one attached hydrogen (secondary N) is 2. The molecule has 2 rings (SSSR count). The highest BCUT2D eigenvalue weighted by Crippen LogP contribution is 2.23. The molecule has 0 aliphatic carbocycles. The predicted molar refractivity (Wildman–Crippen MR) is 94.3 cm³/mol. The highest BCUT2D eigenvalue weighted by Gasteiger charge is 2.11. The molecule has 0 atom stereocenters. The van der Waals surface area contributed by atoms with Gasteiger partial charge in [-0.3, -0.25) is 10.1 Å². The number of rotatable bonds is 3. The average molecular weight is 344 g/mol. The average Bonchev–Trinajstić information content (AvgIpc) is 2.57. The van der Waals surface area contributed by atoms with Gasteiger partial charge in [-0.15, -0.1) is 0 Å². The number of hydrogen-bond donors (Lipinski definition) is 3. The third-order valence-corrected chi connectivity index (χ3v) is 3.40. The monoisotopic (exact) mass is 344 g/mol. The highest BCUT2D eigenvalue weighted by molar-refractivity contribution is 7.80. The third-order valence-electron chi connectivity index (χ3n) is 3.20. The summed E-state index contributed by atoms with van der Waals surface area (Å²) in [6.45, 7) is 1.87. The molecule has 6 nitrogen and oxygen atoms in total. The largest absolute Gasteiger partial charge is 0.506 e. The van der Waals surface area contributed by atoms with Crippen molar-refractivity contribution in [1.82, 2.24) is 5.32 Å². The number of amides is 1. The van der Waals surface area contributed by atoms with E-state index in [-0.39, 0.29) is 10.9 Å². The molecule has 7 heteroatoms. The van der Waals surface area contributed by atoms with E-state index < -0.39 is 11.9 Å². The molecule has 24 heavy (non-hydrogen) atoms. The molecule has 1 amide bonds. The molecule has 0 spiro atoms. The Bertz CT molecular complexity index is 788. The van der Waals surface area contributed by atoms with E-state index in [1.807, 2.05) is 6.92 Å². The lowest BCUT2D eigenvalue weighted by Gasteiger charge is -2.11. The third kappa shape index (κ3) is 4.30. The number of phenols is 1. The Kier molecular flexibility index (Phi) is 5.49. The first-order valence-corrected chi connectivity index (χ1v) is 7.42. The summed E-state index contributed by atoms with van der Waals surface area (Å²) < 4.78 is 4.59. The number of aryl methyl sites for hydroxylation is 1. The van der Waals surface area contributed by atoms with Gasteiger partial charge in [-0.2, -0.15) is 0 Å². The second-order valence-electron chi connectivity index (χ2n) is 5.00. The maximum atomic E-state index is 12.1. The number of benzene rings is 2. The SMILES string of the molecule is COC(=O)c1ccc(C(=O)NC(=S)Nc2cc(C)ccc2O)cc1. The Morgan fingerprint density at radius 1 is 1.08 bits per heavy atom. The molecule has 2 aromatic carbocycles. The molecule has 3 N–H and O–H groups in total. The summed E-state index contributed by atoms with van der Waals surface area (Å²) in [5.41, 5.74) is 2.02. The van der Waals surface area contributed by atoms with Crippen molar-refractivity contribution in [1.29, 1.82) is 0 Å². The van der Waals surface area contributed by atoms with Gasteiger partial charge in [0, 0.05) is 5.56 Å². The maximum Gasteiger partial charge on any atom is 0.337 e. The van der Waals surface area contributed by atoms with Crippen LogP contribution in [-0.2, 0) is 4.74 Å². The van der Waals surface area contributed by atoms with Crippen molar-refractivity contribution in [2.75, 3.05) is 12.4 Å². The van der Waals surface area contributed by atoms with Crippen LogP contribution in [0, 0.1) is 6.92 Å². The fraction of sp³-hybridized carbons (Fsp3) is 0.118. The van der Waals surface area contributed by atoms with Gasteiger partial charge >= 0.3 is 5.97 Å². The van der Waals surface area contributed by atoms with Gasteiger partial charge in [-0.25, -0.2) is 4.79 Å². The fourth-order valence-corrected chi connectivity index (χ4v) is 2.16. The summed E-state index contributed by atoms with van der Waals surface area (Å²) in [5, 5.41) is 15.1. The van der Waals surface area contributed by atoms with E-state index in [9.17, 15) is 14.7 Å². The number of methoxy groups -OCH3 is 1. The number of ether oxygens (including phenoxy) is 1. The number of aromatic hydroxyl groups is 1. The summed E-state index contributed by atoms with van der Waals surface area (Å²) in [6, 6.07) is 11.0. The van der Waals surface area contributed by atoms with E-state index in [4.69, 9.17) is 12.2 Å². The summed E-state index contributed by atoms with van der Waals surface area (Å²) in [5.74, 6) is -0.884. The number of thiocarbonyl (C=S) groups is 1. The zero-order chi connectivity index (χ0) is 17.7. The van der Waals surface area contributed by atoms with Crippen LogP contribution in [0.2, 0.25) is 0 Å². The van der Waals surface area contributed by atoms with Crippen molar-refractivity contribution in [3.8, 4) is 5.75 Å². The van der Waals surface area contributed by atoms with Gasteiger partial charge in [0.2, 0.25) is 0 Å². The van der Waals surface area contributed by atoms with Gasteiger partial charge in [0.05, 0.1) is 18.4 Å². The first-order valence-electron chi connectivity index (χ1n) is 7.01. The van der Waals surface area contributed by atoms with E-state index in [1.54, 1.807) is 12.1 Å². The molecule has 2 aromatic rings. The van der Waals surface area contributed by atoms with E-state index in [1.165, 1.54) is 37.4 Å². The molecule has 0 heterocycles. The van der Waals surface area contributed by atoms with Crippen LogP contribution < -0.4 is 10.6 Å². The van der Waals surface area contributed by atoms with Gasteiger partial charge in [-0.1, -0.05) is 6.07 Å². The second kappa shape index (κ2) is 7.56. The lowest BCUT2D eigenvalue weighted by atomic mass is 10.1. The summed E-state index contributed by atoms with van der Waals surface area (Å²) in [4.78, 5) is 23.5. The van der Waals surface area contributed by atoms with Gasteiger partial charge in [0.15, 0.2) is 5.11 Å². The van der Waals surface area contributed by atoms with Crippen LogP contribution in [0.3, 0.4) is 0 Å². The second-order valence-corrected chi connectivity index (χ2v) is 5.41. The topological polar surface area (TPSA) is 87.7 Å². The molecule has 0 bridgehead atoms. The Balaban J connectivity index is 2.02. The van der Waals surface area contributed by atoms with Crippen LogP contribution in [0.5, 0.6) is 5.75 Å². The van der Waals surface area contributed by atoms with Gasteiger partial charge in [-0.05, 0) is 61.1 Å². The summed E-state index contributed by atoms with van der Waals surface area (Å²) in [7, 11) is 1.29. The van der Waals surface area contributed by atoms with Gasteiger partial charge in [0.1, 0.15) is 5.75 Å². The molecule has 0 saturated heterocycles. The Morgan fingerprint density at radius 3 is 2.33 bits per heavy atom. The van der Waals surface area contributed by atoms with Crippen LogP contribution in [0.1, 0.15) is 26.3 Å². The van der Waals surface area contributed by atoms with Crippen molar-refractivity contribution in [2.45, 2.75) is 6.92 Å². The van der Waals surface area contributed by atoms with Crippen molar-refractivity contribution in [3.05, 3.63) is 59.2 Å². The van der Waals surface area contributed by atoms with Crippen molar-refractivity contribution < 1.29 is 19.4 Å². The van der Waals surface area contributed by atoms with E-state index in [2.05, 4.69) is 15.4 Å². The molecule has 0 unspecified atom stereocenters. The quantitative estimate of drug-likeness (QED) is 0.451. The van der Waals surface area contributed by atoms with Crippen LogP contribution in [0.4, 0.5) is 5.69 Å². The van der Waals surface area contributed by atoms with Crippen molar-refractivity contribution in [2.24, 2.45) is 0 Å². The Hall–Kier alpha value is -2.93. The summed E-state index contributed by atoms with van der Waals surface area (Å²) >= 11 is 5.07. The van der Waals surface area contributed by atoms with Crippen LogP contribution in [-0.4, -0.2) is 29.2 Å². The lowest BCUT2D eigenvalue weighted by Crippen LogP contribution is -2.34. The first kappa shape index (κ1) is 17.4. The Morgan fingerprint density at radius 2 is 1.71 bits per heavy atom. The minimum Gasteiger partial charge on any atom is -0.506 e. The predicted octanol–water partition coefficient (Wildman–Crippen LogP) is 2.61. The number of carbonyl (C=O) groups excluding carboxylic acids is 2. The Labute approximate surface area is 144 Å². The molecule has 124 valence electrons. The smallest absolute Gasteiger partial charge is 0.337 e. The van der Waals surface area contributed by atoms with Gasteiger partial charge < -0.3 is 15.2 Å². The molecular formula is C17H16N2O4S. The molecule has 0 aliphatic heterocycles. The van der Waals surface area contributed by atoms with E-state index in [0.717, 1.165) is 5.56 Å². The normalized spacial score (nSPS) is 9.92. The zero-order valence-corrected chi connectivity index (χ0v) is 13.9. The molecular weight excluding hydrogens is 328 g/mol. The summed E-state index contributed by atoms with van der Waals surface area (Å²) in [6.07, 6.45) is 0. The first-order chi connectivity index (χ1) is 11.4. The minimum atomic E-state index is -0.478. The maximum absolute atomic E-state index is 12.1. The number of hydrogen-bond acceptors (Lipinski definition) is 5. The van der Waals surface area contributed by atoms with Crippen LogP contribution >= 0.6 is 12.2 Å². The molecule has 0 saturated carbocycles. The molecule has 0 aliphatic rings. The lowest BCUT2D eigenvalue weighted by molar-refractivity contribution is 0.0600. The highest BCUT2D eigenvalue weighted by atomic mass is 32.1. The van der Waals surface area contributed by atoms with Crippen LogP contribution in [0.25, 0.3) is 0 Å². The minimum absolute atomic E-state index is 0.0274. The number of esters is 1. The number of carbonyl (C=O) groups is 2. The van der Waals surface area contributed by atoms with Crippen molar-refractivity contribution >= 4 is 34.9 Å². The molecule has 0 aromatic heterocycles.